The quantitative estimate of drug-likeness (QED) is 0.546. The minimum absolute atomic E-state index is 0.135. The van der Waals surface area contributed by atoms with Gasteiger partial charge in [0.15, 0.2) is 5.16 Å². The van der Waals surface area contributed by atoms with Gasteiger partial charge in [-0.05, 0) is 30.7 Å². The summed E-state index contributed by atoms with van der Waals surface area (Å²) in [4.78, 5) is 20.5. The molecule has 1 amide bonds. The smallest absolute Gasteiger partial charge is 0.243 e. The van der Waals surface area contributed by atoms with E-state index in [-0.39, 0.29) is 16.6 Å². The molecule has 9 heteroatoms. The summed E-state index contributed by atoms with van der Waals surface area (Å²) in [5.74, 6) is -0.112. The number of nitrogens with one attached hydrogen (secondary N) is 1. The monoisotopic (exact) mass is 394 g/mol. The summed E-state index contributed by atoms with van der Waals surface area (Å²) in [6, 6.07) is 6.46. The van der Waals surface area contributed by atoms with Gasteiger partial charge >= 0.3 is 0 Å². The van der Waals surface area contributed by atoms with E-state index >= 15 is 0 Å². The number of benzene rings is 1. The van der Waals surface area contributed by atoms with E-state index in [0.29, 0.717) is 23.9 Å². The maximum Gasteiger partial charge on any atom is 0.243 e. The first-order chi connectivity index (χ1) is 12.4. The van der Waals surface area contributed by atoms with Gasteiger partial charge in [0.05, 0.1) is 10.6 Å². The normalized spacial score (nSPS) is 11.5. The fraction of sp³-hybridized carbons (Fsp3) is 0.353. The third-order valence-electron chi connectivity index (χ3n) is 3.70. The lowest BCUT2D eigenvalue weighted by Crippen LogP contribution is -2.30. The average Bonchev–Trinajstić information content (AvgIpc) is 2.63. The fourth-order valence-electron chi connectivity index (χ4n) is 2.29. The van der Waals surface area contributed by atoms with Crippen LogP contribution in [0.3, 0.4) is 0 Å². The number of sulfonamides is 1. The first-order valence-corrected chi connectivity index (χ1v) is 10.6. The maximum absolute atomic E-state index is 12.6. The minimum Gasteiger partial charge on any atom is -0.325 e. The lowest BCUT2D eigenvalue weighted by molar-refractivity contribution is -0.113. The zero-order valence-corrected chi connectivity index (χ0v) is 16.6. The summed E-state index contributed by atoms with van der Waals surface area (Å²) < 4.78 is 26.7. The van der Waals surface area contributed by atoms with Gasteiger partial charge in [-0.1, -0.05) is 31.7 Å². The van der Waals surface area contributed by atoms with Crippen LogP contribution in [0, 0.1) is 6.92 Å². The third kappa shape index (κ3) is 5.03. The average molecular weight is 395 g/mol. The number of anilines is 1. The summed E-state index contributed by atoms with van der Waals surface area (Å²) in [5, 5.41) is 3.28. The zero-order valence-electron chi connectivity index (χ0n) is 15.0. The molecule has 0 saturated heterocycles. The van der Waals surface area contributed by atoms with E-state index in [0.717, 1.165) is 5.56 Å². The zero-order chi connectivity index (χ0) is 19.2. The number of aryl methyl sites for hydroxylation is 1. The first kappa shape index (κ1) is 20.3. The molecule has 2 rings (SSSR count). The second-order valence-corrected chi connectivity index (χ2v) is 8.31. The Morgan fingerprint density at radius 1 is 1.19 bits per heavy atom. The molecule has 0 spiro atoms. The van der Waals surface area contributed by atoms with Crippen molar-refractivity contribution < 1.29 is 13.2 Å². The molecule has 0 saturated carbocycles. The Hall–Kier alpha value is -1.97. The molecular weight excluding hydrogens is 372 g/mol. The summed E-state index contributed by atoms with van der Waals surface area (Å²) in [6.45, 7) is 6.18. The van der Waals surface area contributed by atoms with Gasteiger partial charge in [-0.25, -0.2) is 18.4 Å². The van der Waals surface area contributed by atoms with Gasteiger partial charge in [0.1, 0.15) is 0 Å². The first-order valence-electron chi connectivity index (χ1n) is 8.19. The molecule has 140 valence electrons. The van der Waals surface area contributed by atoms with Gasteiger partial charge in [0, 0.05) is 31.2 Å². The van der Waals surface area contributed by atoms with Crippen LogP contribution < -0.4 is 5.32 Å². The fourth-order valence-corrected chi connectivity index (χ4v) is 4.37. The number of carbonyl (C=O) groups is 1. The molecule has 1 aromatic heterocycles. The van der Waals surface area contributed by atoms with E-state index in [1.54, 1.807) is 44.4 Å². The molecule has 0 unspecified atom stereocenters. The second-order valence-electron chi connectivity index (χ2n) is 5.43. The lowest BCUT2D eigenvalue weighted by atomic mass is 10.2. The number of hydrogen-bond donors (Lipinski definition) is 1. The number of amides is 1. The number of thioether (sulfide) groups is 1. The Morgan fingerprint density at radius 2 is 1.85 bits per heavy atom. The molecule has 0 aliphatic rings. The number of hydrogen-bond acceptors (Lipinski definition) is 6. The Kier molecular flexibility index (Phi) is 7.13. The van der Waals surface area contributed by atoms with Crippen LogP contribution in [0.4, 0.5) is 5.69 Å². The number of rotatable bonds is 8. The molecule has 2 aromatic rings. The molecule has 26 heavy (non-hydrogen) atoms. The molecule has 0 fully saturated rings. The number of nitrogens with zero attached hydrogens (tertiary/aromatic N) is 3. The Morgan fingerprint density at radius 3 is 2.46 bits per heavy atom. The largest absolute Gasteiger partial charge is 0.325 e. The minimum atomic E-state index is -3.57. The highest BCUT2D eigenvalue weighted by molar-refractivity contribution is 7.99. The predicted octanol–water partition coefficient (Wildman–Crippen LogP) is 2.55. The molecule has 1 N–H and O–H groups in total. The highest BCUT2D eigenvalue weighted by atomic mass is 32.2. The van der Waals surface area contributed by atoms with Crippen molar-refractivity contribution in [3.8, 4) is 0 Å². The van der Waals surface area contributed by atoms with Crippen LogP contribution in [0.2, 0.25) is 0 Å². The molecule has 7 nitrogen and oxygen atoms in total. The van der Waals surface area contributed by atoms with Gasteiger partial charge in [-0.2, -0.15) is 4.31 Å². The van der Waals surface area contributed by atoms with Crippen molar-refractivity contribution in [2.75, 3.05) is 24.2 Å². The lowest BCUT2D eigenvalue weighted by Gasteiger charge is -2.19. The van der Waals surface area contributed by atoms with Crippen molar-refractivity contribution in [3.05, 3.63) is 42.2 Å². The van der Waals surface area contributed by atoms with Gasteiger partial charge < -0.3 is 5.32 Å². The van der Waals surface area contributed by atoms with Crippen LogP contribution >= 0.6 is 11.8 Å². The Bertz CT molecular complexity index is 854. The van der Waals surface area contributed by atoms with E-state index in [1.165, 1.54) is 22.1 Å². The van der Waals surface area contributed by atoms with Crippen molar-refractivity contribution in [2.24, 2.45) is 0 Å². The van der Waals surface area contributed by atoms with E-state index in [9.17, 15) is 13.2 Å². The molecule has 1 heterocycles. The van der Waals surface area contributed by atoms with Crippen LogP contribution in [0.15, 0.2) is 46.7 Å². The highest BCUT2D eigenvalue weighted by Crippen LogP contribution is 2.23. The van der Waals surface area contributed by atoms with E-state index in [4.69, 9.17) is 0 Å². The highest BCUT2D eigenvalue weighted by Gasteiger charge is 2.22. The molecule has 0 aliphatic heterocycles. The number of aromatic nitrogens is 2. The van der Waals surface area contributed by atoms with Gasteiger partial charge in [-0.15, -0.1) is 0 Å². The predicted molar refractivity (Wildman–Crippen MR) is 103 cm³/mol. The van der Waals surface area contributed by atoms with Crippen LogP contribution in [-0.4, -0.2) is 47.4 Å². The van der Waals surface area contributed by atoms with Gasteiger partial charge in [-0.3, -0.25) is 4.79 Å². The third-order valence-corrected chi connectivity index (χ3v) is 6.62. The van der Waals surface area contributed by atoms with Crippen LogP contribution in [-0.2, 0) is 14.8 Å². The molecule has 0 bridgehead atoms. The summed E-state index contributed by atoms with van der Waals surface area (Å²) in [6.07, 6.45) is 3.22. The maximum atomic E-state index is 12.6. The summed E-state index contributed by atoms with van der Waals surface area (Å²) in [7, 11) is -3.57. The summed E-state index contributed by atoms with van der Waals surface area (Å²) >= 11 is 1.21. The van der Waals surface area contributed by atoms with Crippen molar-refractivity contribution in [1.29, 1.82) is 0 Å². The Balaban J connectivity index is 2.13. The molecule has 0 radical (unpaired) electrons. The van der Waals surface area contributed by atoms with Crippen molar-refractivity contribution in [2.45, 2.75) is 30.8 Å². The summed E-state index contributed by atoms with van der Waals surface area (Å²) in [5.41, 5.74) is 1.27. The number of carbonyl (C=O) groups excluding carboxylic acids is 1. The van der Waals surface area contributed by atoms with E-state index < -0.39 is 10.0 Å². The standard InChI is InChI=1S/C17H22N4O3S2/c1-4-21(5-2)26(23,24)14-8-7-13(3)15(11-14)20-16(22)12-25-17-18-9-6-10-19-17/h6-11H,4-5,12H2,1-3H3,(H,20,22). The Labute approximate surface area is 158 Å². The van der Waals surface area contributed by atoms with Gasteiger partial charge in [0.25, 0.3) is 0 Å². The van der Waals surface area contributed by atoms with Crippen LogP contribution in [0.1, 0.15) is 19.4 Å². The van der Waals surface area contributed by atoms with Crippen LogP contribution in [0.5, 0.6) is 0 Å². The van der Waals surface area contributed by atoms with Crippen molar-refractivity contribution in [3.63, 3.8) is 0 Å². The molecule has 0 aliphatic carbocycles. The molecule has 1 aromatic carbocycles. The van der Waals surface area contributed by atoms with Crippen molar-refractivity contribution >= 4 is 33.4 Å². The second kappa shape index (κ2) is 9.11. The molecular formula is C17H22N4O3S2. The SMILES string of the molecule is CCN(CC)S(=O)(=O)c1ccc(C)c(NC(=O)CSc2ncccn2)c1. The topological polar surface area (TPSA) is 92.3 Å². The van der Waals surface area contributed by atoms with Crippen molar-refractivity contribution in [1.82, 2.24) is 14.3 Å². The van der Waals surface area contributed by atoms with E-state index in [2.05, 4.69) is 15.3 Å². The van der Waals surface area contributed by atoms with E-state index in [1.807, 2.05) is 6.92 Å². The molecule has 0 atom stereocenters. The van der Waals surface area contributed by atoms with Crippen LogP contribution in [0.25, 0.3) is 0 Å². The van der Waals surface area contributed by atoms with Gasteiger partial charge in [0.2, 0.25) is 15.9 Å².